The minimum atomic E-state index is -4.99. The van der Waals surface area contributed by atoms with Crippen LogP contribution in [0.1, 0.15) is 349 Å². The van der Waals surface area contributed by atoms with Crippen molar-refractivity contribution in [1.82, 2.24) is 0 Å². The molecule has 5 atom stereocenters. The number of aliphatic hydroxyl groups is 1. The molecule has 5 unspecified atom stereocenters. The Kier molecular flexibility index (Phi) is 75.2. The largest absolute Gasteiger partial charge is 0.472 e. The highest BCUT2D eigenvalue weighted by atomic mass is 31.2. The summed E-state index contributed by atoms with van der Waals surface area (Å²) in [6.45, 7) is 4.68. The molecule has 19 heteroatoms. The van der Waals surface area contributed by atoms with E-state index in [2.05, 4.69) is 149 Å². The Labute approximate surface area is 644 Å². The molecule has 0 amide bonds. The lowest BCUT2D eigenvalue weighted by atomic mass is 10.0. The maximum Gasteiger partial charge on any atom is 0.472 e. The predicted molar refractivity (Wildman–Crippen MR) is 436 cm³/mol. The van der Waals surface area contributed by atoms with Crippen molar-refractivity contribution in [2.75, 3.05) is 39.6 Å². The van der Waals surface area contributed by atoms with Crippen molar-refractivity contribution in [2.45, 2.75) is 367 Å². The van der Waals surface area contributed by atoms with Crippen LogP contribution in [0.4, 0.5) is 0 Å². The first kappa shape index (κ1) is 101. The van der Waals surface area contributed by atoms with Gasteiger partial charge in [0.1, 0.15) is 19.3 Å². The fraction of sp³-hybridized carbons (Fsp3) is 0.724. The third-order valence-corrected chi connectivity index (χ3v) is 19.3. The number of unbranched alkanes of at least 4 members (excludes halogenated alkanes) is 32. The van der Waals surface area contributed by atoms with Crippen molar-refractivity contribution in [3.05, 3.63) is 122 Å². The molecule has 3 N–H and O–H groups in total. The average molecular weight is 1530 g/mol. The lowest BCUT2D eigenvalue weighted by Gasteiger charge is -2.21. The number of carbonyl (C=O) groups excluding carboxylic acids is 4. The highest BCUT2D eigenvalue weighted by Gasteiger charge is 2.30. The molecule has 0 aliphatic heterocycles. The SMILES string of the molecule is CC/C=C\C/C=C\C/C=C\C/C=C\C/C=C\CCCCCC(=O)OCC(COP(=O)(O)OCC(O)COP(=O)(O)OCC(COC(=O)CCCCCCCC/C=C\C/C=C\C/C=C\CCCCC)OC(=O)CCCCCCC/C=C\C/C=C\CCCCC)OC(=O)CCCCCCCCCCCCCCC. The minimum Gasteiger partial charge on any atom is -0.462 e. The average Bonchev–Trinajstić information content (AvgIpc) is 0.901. The Bertz CT molecular complexity index is 2480. The third-order valence-electron chi connectivity index (χ3n) is 17.4. The Morgan fingerprint density at radius 3 is 0.783 bits per heavy atom. The highest BCUT2D eigenvalue weighted by Crippen LogP contribution is 2.45. The minimum absolute atomic E-state index is 0.0743. The molecule has 0 rings (SSSR count). The summed E-state index contributed by atoms with van der Waals surface area (Å²) < 4.78 is 68.7. The lowest BCUT2D eigenvalue weighted by molar-refractivity contribution is -0.161. The molecule has 0 aromatic rings. The molecule has 0 saturated carbocycles. The summed E-state index contributed by atoms with van der Waals surface area (Å²) in [7, 11) is -9.98. The van der Waals surface area contributed by atoms with E-state index in [0.717, 1.165) is 180 Å². The number of allylic oxidation sites excluding steroid dienone is 20. The molecule has 0 bridgehead atoms. The molecular weight excluding hydrogens is 1380 g/mol. The summed E-state index contributed by atoms with van der Waals surface area (Å²) in [4.78, 5) is 73.1. The van der Waals surface area contributed by atoms with Crippen LogP contribution < -0.4 is 0 Å². The van der Waals surface area contributed by atoms with E-state index < -0.39 is 97.5 Å². The standard InChI is InChI=1S/C87H150O17P2/c1-5-9-13-17-21-25-29-33-36-38-40-42-45-48-51-55-59-63-67-71-84(89)97-77-82(103-86(91)73-69-65-61-57-53-47-32-28-24-20-16-12-8-4)79-101-105(93,94)99-75-81(88)76-100-106(95,96)102-80-83(104-87(92)74-70-66-62-58-54-50-44-35-31-27-23-19-15-11-7-3)78-98-85(90)72-68-64-60-56-52-49-46-43-41-39-37-34-30-26-22-18-14-10-6-2/h9,13,21-23,25-27,33-37,40-44,48,51,81-83,88H,5-8,10-12,14-20,24,28-32,38-39,45-47,49-50,52-80H2,1-4H3,(H,93,94)(H,95,96)/b13-9-,25-21-,26-22-,27-23-,36-33-,37-34-,42-40-,43-41-,44-35-,51-48-. The Balaban J connectivity index is 5.39. The Hall–Kier alpha value is -4.54. The van der Waals surface area contributed by atoms with Crippen LogP contribution >= 0.6 is 15.6 Å². The molecule has 0 aliphatic rings. The van der Waals surface area contributed by atoms with Gasteiger partial charge in [0.05, 0.1) is 26.4 Å². The molecule has 0 heterocycles. The van der Waals surface area contributed by atoms with Gasteiger partial charge in [-0.05, 0) is 141 Å². The van der Waals surface area contributed by atoms with Crippen LogP contribution in [0.3, 0.4) is 0 Å². The van der Waals surface area contributed by atoms with E-state index in [-0.39, 0.29) is 25.7 Å². The van der Waals surface area contributed by atoms with E-state index in [1.165, 1.54) is 89.9 Å². The fourth-order valence-corrected chi connectivity index (χ4v) is 12.6. The second-order valence-electron chi connectivity index (χ2n) is 27.7. The number of esters is 4. The number of ether oxygens (including phenoxy) is 4. The van der Waals surface area contributed by atoms with E-state index in [4.69, 9.17) is 37.0 Å². The van der Waals surface area contributed by atoms with E-state index >= 15 is 0 Å². The molecule has 17 nitrogen and oxygen atoms in total. The third kappa shape index (κ3) is 77.6. The molecule has 0 fully saturated rings. The first-order chi connectivity index (χ1) is 51.7. The van der Waals surface area contributed by atoms with Gasteiger partial charge in [-0.3, -0.25) is 37.3 Å². The zero-order chi connectivity index (χ0) is 77.4. The zero-order valence-electron chi connectivity index (χ0n) is 66.8. The van der Waals surface area contributed by atoms with Crippen molar-refractivity contribution >= 4 is 39.5 Å². The van der Waals surface area contributed by atoms with Crippen molar-refractivity contribution in [1.29, 1.82) is 0 Å². The monoisotopic (exact) mass is 1530 g/mol. The summed E-state index contributed by atoms with van der Waals surface area (Å²) in [6, 6.07) is 0. The molecule has 0 aromatic heterocycles. The van der Waals surface area contributed by atoms with E-state index in [1.54, 1.807) is 0 Å². The molecular formula is C87H150O17P2. The quantitative estimate of drug-likeness (QED) is 0.0169. The van der Waals surface area contributed by atoms with Crippen molar-refractivity contribution < 1.29 is 80.2 Å². The first-order valence-corrected chi connectivity index (χ1v) is 44.8. The summed E-state index contributed by atoms with van der Waals surface area (Å²) in [5, 5.41) is 10.7. The summed E-state index contributed by atoms with van der Waals surface area (Å²) in [5.41, 5.74) is 0. The smallest absolute Gasteiger partial charge is 0.462 e. The van der Waals surface area contributed by atoms with Crippen LogP contribution in [0.2, 0.25) is 0 Å². The highest BCUT2D eigenvalue weighted by molar-refractivity contribution is 7.47. The number of phosphoric ester groups is 2. The van der Waals surface area contributed by atoms with Crippen LogP contribution in [0.15, 0.2) is 122 Å². The number of carbonyl (C=O) groups is 4. The lowest BCUT2D eigenvalue weighted by Crippen LogP contribution is -2.30. The molecule has 610 valence electrons. The number of aliphatic hydroxyl groups excluding tert-OH is 1. The van der Waals surface area contributed by atoms with Gasteiger partial charge in [0.25, 0.3) is 0 Å². The number of hydrogen-bond acceptors (Lipinski definition) is 15. The second kappa shape index (κ2) is 78.6. The summed E-state index contributed by atoms with van der Waals surface area (Å²) >= 11 is 0. The summed E-state index contributed by atoms with van der Waals surface area (Å²) in [6.07, 6.45) is 87.3. The molecule has 0 aromatic carbocycles. The van der Waals surface area contributed by atoms with Crippen LogP contribution in [0.25, 0.3) is 0 Å². The van der Waals surface area contributed by atoms with Gasteiger partial charge in [0.2, 0.25) is 0 Å². The normalized spacial score (nSPS) is 14.4. The Morgan fingerprint density at radius 2 is 0.491 bits per heavy atom. The molecule has 106 heavy (non-hydrogen) atoms. The maximum atomic E-state index is 13.1. The predicted octanol–water partition coefficient (Wildman–Crippen LogP) is 24.7. The van der Waals surface area contributed by atoms with E-state index in [0.29, 0.717) is 25.7 Å². The number of rotatable bonds is 78. The number of hydrogen-bond donors (Lipinski definition) is 3. The van der Waals surface area contributed by atoms with E-state index in [9.17, 15) is 43.2 Å². The molecule has 0 spiro atoms. The van der Waals surface area contributed by atoms with Crippen LogP contribution in [0, 0.1) is 0 Å². The van der Waals surface area contributed by atoms with Crippen LogP contribution in [-0.2, 0) is 65.4 Å². The van der Waals surface area contributed by atoms with Gasteiger partial charge in [-0.15, -0.1) is 0 Å². The van der Waals surface area contributed by atoms with Gasteiger partial charge >= 0.3 is 39.5 Å². The van der Waals surface area contributed by atoms with E-state index in [1.807, 2.05) is 0 Å². The van der Waals surface area contributed by atoms with Gasteiger partial charge in [-0.2, -0.15) is 0 Å². The Morgan fingerprint density at radius 1 is 0.274 bits per heavy atom. The number of phosphoric acid groups is 2. The zero-order valence-corrected chi connectivity index (χ0v) is 68.6. The van der Waals surface area contributed by atoms with Gasteiger partial charge in [-0.1, -0.05) is 303 Å². The van der Waals surface area contributed by atoms with Crippen LogP contribution in [-0.4, -0.2) is 96.7 Å². The van der Waals surface area contributed by atoms with Gasteiger partial charge in [0, 0.05) is 25.7 Å². The van der Waals surface area contributed by atoms with Crippen LogP contribution in [0.5, 0.6) is 0 Å². The van der Waals surface area contributed by atoms with Gasteiger partial charge in [-0.25, -0.2) is 9.13 Å². The van der Waals surface area contributed by atoms with Crippen molar-refractivity contribution in [3.63, 3.8) is 0 Å². The second-order valence-corrected chi connectivity index (χ2v) is 30.6. The maximum absolute atomic E-state index is 13.1. The molecule has 0 aliphatic carbocycles. The molecule has 0 radical (unpaired) electrons. The van der Waals surface area contributed by atoms with Crippen molar-refractivity contribution in [2.24, 2.45) is 0 Å². The first-order valence-electron chi connectivity index (χ1n) is 41.8. The van der Waals surface area contributed by atoms with Gasteiger partial charge < -0.3 is 33.8 Å². The van der Waals surface area contributed by atoms with Crippen molar-refractivity contribution in [3.8, 4) is 0 Å². The molecule has 0 saturated heterocycles. The fourth-order valence-electron chi connectivity index (χ4n) is 11.0. The summed E-state index contributed by atoms with van der Waals surface area (Å²) in [5.74, 6) is -2.23. The topological polar surface area (TPSA) is 237 Å². The van der Waals surface area contributed by atoms with Gasteiger partial charge in [0.15, 0.2) is 12.2 Å².